The fraction of sp³-hybridized carbons (Fsp3) is 0.318. The second kappa shape index (κ2) is 9.63. The average molecular weight is 447 g/mol. The van der Waals surface area contributed by atoms with Gasteiger partial charge >= 0.3 is 12.0 Å². The van der Waals surface area contributed by atoms with Crippen LogP contribution in [0.15, 0.2) is 59.7 Å². The predicted molar refractivity (Wildman–Crippen MR) is 112 cm³/mol. The van der Waals surface area contributed by atoms with E-state index in [4.69, 9.17) is 9.84 Å². The van der Waals surface area contributed by atoms with Gasteiger partial charge in [-0.05, 0) is 42.3 Å². The van der Waals surface area contributed by atoms with Crippen LogP contribution in [-0.2, 0) is 14.3 Å². The zero-order chi connectivity index (χ0) is 23.4. The number of allylic oxidation sites excluding steroid dienone is 2. The van der Waals surface area contributed by atoms with Crippen molar-refractivity contribution in [2.45, 2.75) is 19.4 Å². The molecule has 3 rings (SSSR count). The third-order valence-corrected chi connectivity index (χ3v) is 5.28. The first-order valence-electron chi connectivity index (χ1n) is 9.88. The van der Waals surface area contributed by atoms with Gasteiger partial charge in [-0.3, -0.25) is 9.59 Å². The number of carbonyl (C=O) groups is 3. The summed E-state index contributed by atoms with van der Waals surface area (Å²) in [5, 5.41) is 14.0. The van der Waals surface area contributed by atoms with Gasteiger partial charge in [0.2, 0.25) is 5.91 Å². The fourth-order valence-corrected chi connectivity index (χ4v) is 3.53. The monoisotopic (exact) mass is 447 g/mol. The number of carboxylic acids is 1. The third-order valence-electron chi connectivity index (χ3n) is 5.28. The van der Waals surface area contributed by atoms with E-state index < -0.39 is 48.1 Å². The minimum atomic E-state index is -1.24. The van der Waals surface area contributed by atoms with Crippen LogP contribution in [0.25, 0.3) is 0 Å². The van der Waals surface area contributed by atoms with E-state index in [1.54, 1.807) is 0 Å². The number of carboxylic acid groups (broad SMARTS) is 1. The molecule has 1 aromatic rings. The number of hydrogen-bond acceptors (Lipinski definition) is 4. The van der Waals surface area contributed by atoms with Crippen LogP contribution in [0.4, 0.5) is 19.3 Å². The van der Waals surface area contributed by atoms with Gasteiger partial charge < -0.3 is 25.4 Å². The minimum Gasteiger partial charge on any atom is -0.493 e. The van der Waals surface area contributed by atoms with Gasteiger partial charge in [-0.15, -0.1) is 0 Å². The van der Waals surface area contributed by atoms with E-state index in [0.717, 1.165) is 22.6 Å². The number of aliphatic carboxylic acids is 1. The van der Waals surface area contributed by atoms with Gasteiger partial charge in [0.05, 0.1) is 6.61 Å². The van der Waals surface area contributed by atoms with Crippen molar-refractivity contribution in [3.63, 3.8) is 0 Å². The molecule has 0 spiro atoms. The number of hydrogen-bond donors (Lipinski definition) is 3. The normalized spacial score (nSPS) is 20.9. The number of nitrogens with one attached hydrogen (secondary N) is 2. The van der Waals surface area contributed by atoms with Crippen LogP contribution in [-0.4, -0.2) is 53.7 Å². The molecular formula is C22H23F2N3O5. The molecule has 0 aromatic heterocycles. The Morgan fingerprint density at radius 1 is 1.34 bits per heavy atom. The van der Waals surface area contributed by atoms with Crippen LogP contribution in [0, 0.1) is 11.7 Å². The lowest BCUT2D eigenvalue weighted by atomic mass is 9.93. The molecule has 0 aliphatic carbocycles. The van der Waals surface area contributed by atoms with Crippen molar-refractivity contribution in [3.8, 4) is 0 Å². The van der Waals surface area contributed by atoms with Crippen molar-refractivity contribution in [3.05, 3.63) is 65.5 Å². The lowest BCUT2D eigenvalue weighted by Gasteiger charge is -2.20. The van der Waals surface area contributed by atoms with Crippen LogP contribution in [0.3, 0.4) is 0 Å². The van der Waals surface area contributed by atoms with Gasteiger partial charge in [0.1, 0.15) is 30.0 Å². The summed E-state index contributed by atoms with van der Waals surface area (Å²) >= 11 is 0. The van der Waals surface area contributed by atoms with Crippen LogP contribution in [0.1, 0.15) is 13.3 Å². The van der Waals surface area contributed by atoms with E-state index in [0.29, 0.717) is 18.8 Å². The van der Waals surface area contributed by atoms with Crippen molar-refractivity contribution in [1.82, 2.24) is 10.2 Å². The second-order valence-corrected chi connectivity index (χ2v) is 7.56. The summed E-state index contributed by atoms with van der Waals surface area (Å²) in [6.07, 6.45) is 1.86. The Labute approximate surface area is 183 Å². The van der Waals surface area contributed by atoms with Crippen molar-refractivity contribution in [2.24, 2.45) is 5.92 Å². The molecule has 3 amide bonds. The Hall–Kier alpha value is -3.69. The molecule has 32 heavy (non-hydrogen) atoms. The highest BCUT2D eigenvalue weighted by molar-refractivity contribution is 5.96. The Morgan fingerprint density at radius 2 is 2.03 bits per heavy atom. The second-order valence-electron chi connectivity index (χ2n) is 7.56. The van der Waals surface area contributed by atoms with Crippen molar-refractivity contribution in [1.29, 1.82) is 0 Å². The van der Waals surface area contributed by atoms with Crippen LogP contribution >= 0.6 is 0 Å². The number of ether oxygens (including phenoxy) is 1. The van der Waals surface area contributed by atoms with E-state index >= 15 is 0 Å². The summed E-state index contributed by atoms with van der Waals surface area (Å²) < 4.78 is 33.3. The topological polar surface area (TPSA) is 108 Å². The molecule has 2 atom stereocenters. The number of carbonyl (C=O) groups excluding carboxylic acids is 2. The van der Waals surface area contributed by atoms with Crippen LogP contribution in [0.5, 0.6) is 0 Å². The molecule has 0 unspecified atom stereocenters. The zero-order valence-corrected chi connectivity index (χ0v) is 17.4. The molecule has 1 fully saturated rings. The Balaban J connectivity index is 1.78. The fourth-order valence-electron chi connectivity index (χ4n) is 3.53. The van der Waals surface area contributed by atoms with Crippen LogP contribution in [0.2, 0.25) is 0 Å². The molecule has 3 N–H and O–H groups in total. The summed E-state index contributed by atoms with van der Waals surface area (Å²) in [6.45, 7) is 5.27. The quantitative estimate of drug-likeness (QED) is 0.557. The third kappa shape index (κ3) is 5.32. The number of amides is 3. The number of likely N-dealkylation sites (tertiary alicyclic amines) is 1. The molecular weight excluding hydrogens is 424 g/mol. The lowest BCUT2D eigenvalue weighted by molar-refractivity contribution is -0.143. The van der Waals surface area contributed by atoms with Gasteiger partial charge in [0.25, 0.3) is 0 Å². The Bertz CT molecular complexity index is 1000. The van der Waals surface area contributed by atoms with Crippen molar-refractivity contribution in [2.75, 3.05) is 25.0 Å². The molecule has 1 aromatic carbocycles. The molecule has 1 saturated heterocycles. The molecule has 0 saturated carbocycles. The van der Waals surface area contributed by atoms with E-state index in [1.807, 2.05) is 6.92 Å². The number of urea groups is 1. The smallest absolute Gasteiger partial charge is 0.323 e. The van der Waals surface area contributed by atoms with Gasteiger partial charge in [-0.1, -0.05) is 6.58 Å². The van der Waals surface area contributed by atoms with Gasteiger partial charge in [-0.25, -0.2) is 13.6 Å². The standard InChI is InChI=1S/C22H23F2N3O5/c1-12-7-8-32-18(12)9-17(24)13(2)16-10-27(11-19(28)29)21(30)20(16)26-22(31)25-15-5-3-14(23)4-6-15/h3-6,9,16,20H,2,7-8,10-11H2,1H3,(H,28,29)(H2,25,26,31)/b17-9+/t16-,20-/m0/s1. The molecule has 0 radical (unpaired) electrons. The molecule has 2 aliphatic heterocycles. The zero-order valence-electron chi connectivity index (χ0n) is 17.4. The number of benzene rings is 1. The Morgan fingerprint density at radius 3 is 2.62 bits per heavy atom. The van der Waals surface area contributed by atoms with Gasteiger partial charge in [-0.2, -0.15) is 0 Å². The maximum Gasteiger partial charge on any atom is 0.323 e. The minimum absolute atomic E-state index is 0.0610. The van der Waals surface area contributed by atoms with Crippen molar-refractivity contribution < 1.29 is 33.0 Å². The summed E-state index contributed by atoms with van der Waals surface area (Å²) in [5.41, 5.74) is 1.09. The van der Waals surface area contributed by atoms with Gasteiger partial charge in [0, 0.05) is 30.6 Å². The summed E-state index contributed by atoms with van der Waals surface area (Å²) in [7, 11) is 0. The Kier molecular flexibility index (Phi) is 6.92. The average Bonchev–Trinajstić information content (AvgIpc) is 3.26. The molecule has 170 valence electrons. The first-order chi connectivity index (χ1) is 15.2. The molecule has 2 heterocycles. The van der Waals surface area contributed by atoms with Gasteiger partial charge in [0.15, 0.2) is 0 Å². The van der Waals surface area contributed by atoms with E-state index in [9.17, 15) is 23.2 Å². The van der Waals surface area contributed by atoms with E-state index in [-0.39, 0.29) is 17.8 Å². The summed E-state index contributed by atoms with van der Waals surface area (Å²) in [6, 6.07) is 2.94. The highest BCUT2D eigenvalue weighted by Crippen LogP contribution is 2.31. The predicted octanol–water partition coefficient (Wildman–Crippen LogP) is 2.96. The molecule has 8 nitrogen and oxygen atoms in total. The van der Waals surface area contributed by atoms with E-state index in [1.165, 1.54) is 18.2 Å². The highest BCUT2D eigenvalue weighted by atomic mass is 19.1. The molecule has 10 heteroatoms. The number of rotatable bonds is 7. The first kappa shape index (κ1) is 23.0. The maximum absolute atomic E-state index is 14.9. The number of nitrogens with zero attached hydrogens (tertiary/aromatic N) is 1. The molecule has 2 aliphatic rings. The highest BCUT2D eigenvalue weighted by Gasteiger charge is 2.44. The number of halogens is 2. The largest absolute Gasteiger partial charge is 0.493 e. The maximum atomic E-state index is 14.9. The van der Waals surface area contributed by atoms with Crippen LogP contribution < -0.4 is 10.6 Å². The SMILES string of the molecule is C=C(/C(F)=C\C1=C(C)CCO1)[C@@H]1CN(CC(=O)O)C(=O)[C@H]1NC(=O)Nc1ccc(F)cc1. The molecule has 0 bridgehead atoms. The number of anilines is 1. The summed E-state index contributed by atoms with van der Waals surface area (Å²) in [4.78, 5) is 37.3. The van der Waals surface area contributed by atoms with E-state index in [2.05, 4.69) is 17.2 Å². The lowest BCUT2D eigenvalue weighted by Crippen LogP contribution is -2.46. The van der Waals surface area contributed by atoms with Crippen molar-refractivity contribution >= 4 is 23.6 Å². The summed E-state index contributed by atoms with van der Waals surface area (Å²) in [5.74, 6) is -3.64. The first-order valence-corrected chi connectivity index (χ1v) is 9.88.